The van der Waals surface area contributed by atoms with Gasteiger partial charge in [-0.05, 0) is 50.3 Å². The van der Waals surface area contributed by atoms with Gasteiger partial charge in [-0.3, -0.25) is 4.90 Å². The van der Waals surface area contributed by atoms with E-state index in [1.54, 1.807) is 0 Å². The summed E-state index contributed by atoms with van der Waals surface area (Å²) < 4.78 is 27.3. The first-order valence-corrected chi connectivity index (χ1v) is 10.4. The van der Waals surface area contributed by atoms with E-state index in [4.69, 9.17) is 0 Å². The molecular formula is C18H30N2O2S. The fraction of sp³-hybridized carbons (Fsp3) is 0.667. The van der Waals surface area contributed by atoms with E-state index in [-0.39, 0.29) is 5.75 Å². The molecule has 1 aliphatic rings. The molecule has 1 atom stereocenters. The molecule has 0 spiro atoms. The Hall–Kier alpha value is -0.910. The number of hydrogen-bond acceptors (Lipinski definition) is 3. The van der Waals surface area contributed by atoms with Gasteiger partial charge in [0.15, 0.2) is 0 Å². The van der Waals surface area contributed by atoms with Crippen molar-refractivity contribution in [2.24, 2.45) is 5.92 Å². The Morgan fingerprint density at radius 3 is 2.39 bits per heavy atom. The topological polar surface area (TPSA) is 49.4 Å². The summed E-state index contributed by atoms with van der Waals surface area (Å²) in [6.45, 7) is 7.07. The monoisotopic (exact) mass is 338 g/mol. The number of nitrogens with one attached hydrogen (secondary N) is 1. The van der Waals surface area contributed by atoms with Crippen molar-refractivity contribution in [1.82, 2.24) is 9.62 Å². The van der Waals surface area contributed by atoms with Crippen LogP contribution in [-0.2, 0) is 16.4 Å². The molecule has 130 valence electrons. The van der Waals surface area contributed by atoms with E-state index in [1.807, 2.05) is 30.3 Å². The zero-order chi connectivity index (χ0) is 16.7. The molecule has 0 aromatic heterocycles. The molecule has 1 aromatic rings. The molecule has 23 heavy (non-hydrogen) atoms. The summed E-state index contributed by atoms with van der Waals surface area (Å²) in [6, 6.07) is 10.4. The predicted octanol–water partition coefficient (Wildman–Crippen LogP) is 2.66. The molecule has 1 fully saturated rings. The molecule has 1 saturated heterocycles. The van der Waals surface area contributed by atoms with Crippen LogP contribution in [-0.4, -0.2) is 44.7 Å². The highest BCUT2D eigenvalue weighted by Gasteiger charge is 2.25. The first-order chi connectivity index (χ1) is 11.0. The summed E-state index contributed by atoms with van der Waals surface area (Å²) in [4.78, 5) is 2.43. The van der Waals surface area contributed by atoms with E-state index >= 15 is 0 Å². The van der Waals surface area contributed by atoms with Gasteiger partial charge in [-0.25, -0.2) is 13.1 Å². The Kier molecular flexibility index (Phi) is 7.06. The fourth-order valence-electron chi connectivity index (χ4n) is 3.26. The standard InChI is InChI=1S/C18H30N2O2S/c1-16(2)18(20-12-6-7-13-20)15-19-23(21,22)14-8-11-17-9-4-3-5-10-17/h3-5,9-10,16,18-19H,6-8,11-15H2,1-2H3. The smallest absolute Gasteiger partial charge is 0.211 e. The number of likely N-dealkylation sites (tertiary alicyclic amines) is 1. The normalized spacial score (nSPS) is 17.7. The van der Waals surface area contributed by atoms with E-state index < -0.39 is 10.0 Å². The van der Waals surface area contributed by atoms with Gasteiger partial charge in [0.1, 0.15) is 0 Å². The SMILES string of the molecule is CC(C)C(CNS(=O)(=O)CCCc1ccccc1)N1CCCC1. The Labute approximate surface area is 141 Å². The first-order valence-electron chi connectivity index (χ1n) is 8.73. The fourth-order valence-corrected chi connectivity index (χ4v) is 4.35. The Morgan fingerprint density at radius 2 is 1.78 bits per heavy atom. The van der Waals surface area contributed by atoms with Gasteiger partial charge < -0.3 is 0 Å². The molecule has 0 bridgehead atoms. The molecule has 1 N–H and O–H groups in total. The summed E-state index contributed by atoms with van der Waals surface area (Å²) >= 11 is 0. The average Bonchev–Trinajstić information content (AvgIpc) is 3.02. The van der Waals surface area contributed by atoms with Crippen molar-refractivity contribution in [3.8, 4) is 0 Å². The molecular weight excluding hydrogens is 308 g/mol. The zero-order valence-corrected chi connectivity index (χ0v) is 15.2. The minimum atomic E-state index is -3.19. The molecule has 0 aliphatic carbocycles. The van der Waals surface area contributed by atoms with Crippen molar-refractivity contribution in [3.63, 3.8) is 0 Å². The minimum absolute atomic E-state index is 0.201. The number of rotatable bonds is 9. The molecule has 2 rings (SSSR count). The van der Waals surface area contributed by atoms with Crippen LogP contribution in [0.2, 0.25) is 0 Å². The summed E-state index contributed by atoms with van der Waals surface area (Å²) in [5, 5.41) is 0. The third-order valence-electron chi connectivity index (χ3n) is 4.61. The van der Waals surface area contributed by atoms with E-state index in [9.17, 15) is 8.42 Å². The lowest BCUT2D eigenvalue weighted by Gasteiger charge is -2.30. The lowest BCUT2D eigenvalue weighted by atomic mass is 10.0. The Morgan fingerprint density at radius 1 is 1.13 bits per heavy atom. The number of hydrogen-bond donors (Lipinski definition) is 1. The number of nitrogens with zero attached hydrogens (tertiary/aromatic N) is 1. The van der Waals surface area contributed by atoms with Crippen LogP contribution in [0.25, 0.3) is 0 Å². The van der Waals surface area contributed by atoms with Crippen LogP contribution < -0.4 is 4.72 Å². The lowest BCUT2D eigenvalue weighted by molar-refractivity contribution is 0.193. The van der Waals surface area contributed by atoms with Crippen molar-refractivity contribution >= 4 is 10.0 Å². The van der Waals surface area contributed by atoms with Gasteiger partial charge in [0.05, 0.1) is 5.75 Å². The molecule has 0 amide bonds. The van der Waals surface area contributed by atoms with Crippen molar-refractivity contribution < 1.29 is 8.42 Å². The highest BCUT2D eigenvalue weighted by molar-refractivity contribution is 7.89. The van der Waals surface area contributed by atoms with Crippen LogP contribution in [0.15, 0.2) is 30.3 Å². The second-order valence-corrected chi connectivity index (χ2v) is 8.74. The van der Waals surface area contributed by atoms with Crippen LogP contribution >= 0.6 is 0 Å². The zero-order valence-electron chi connectivity index (χ0n) is 14.4. The summed E-state index contributed by atoms with van der Waals surface area (Å²) in [5.74, 6) is 0.660. The third kappa shape index (κ3) is 6.24. The van der Waals surface area contributed by atoms with Crippen LogP contribution in [0, 0.1) is 5.92 Å². The molecule has 1 heterocycles. The predicted molar refractivity (Wildman–Crippen MR) is 96.0 cm³/mol. The van der Waals surface area contributed by atoms with Crippen molar-refractivity contribution in [1.29, 1.82) is 0 Å². The maximum atomic E-state index is 12.2. The average molecular weight is 339 g/mol. The highest BCUT2D eigenvalue weighted by Crippen LogP contribution is 2.17. The van der Waals surface area contributed by atoms with Gasteiger partial charge in [0, 0.05) is 12.6 Å². The molecule has 1 aliphatic heterocycles. The lowest BCUT2D eigenvalue weighted by Crippen LogP contribution is -2.46. The van der Waals surface area contributed by atoms with Crippen LogP contribution in [0.3, 0.4) is 0 Å². The van der Waals surface area contributed by atoms with Gasteiger partial charge in [-0.2, -0.15) is 0 Å². The number of sulfonamides is 1. The largest absolute Gasteiger partial charge is 0.299 e. The molecule has 1 unspecified atom stereocenters. The Bertz CT molecular complexity index is 552. The second-order valence-electron chi connectivity index (χ2n) is 6.81. The van der Waals surface area contributed by atoms with Gasteiger partial charge in [0.25, 0.3) is 0 Å². The molecule has 0 saturated carbocycles. The Balaban J connectivity index is 1.78. The van der Waals surface area contributed by atoms with Gasteiger partial charge in [-0.1, -0.05) is 44.2 Å². The number of benzene rings is 1. The van der Waals surface area contributed by atoms with Crippen molar-refractivity contribution in [3.05, 3.63) is 35.9 Å². The van der Waals surface area contributed by atoms with Crippen molar-refractivity contribution in [2.75, 3.05) is 25.4 Å². The van der Waals surface area contributed by atoms with Gasteiger partial charge in [0.2, 0.25) is 10.0 Å². The molecule has 0 radical (unpaired) electrons. The van der Waals surface area contributed by atoms with E-state index in [0.717, 1.165) is 19.5 Å². The van der Waals surface area contributed by atoms with Gasteiger partial charge >= 0.3 is 0 Å². The quantitative estimate of drug-likeness (QED) is 0.753. The van der Waals surface area contributed by atoms with Gasteiger partial charge in [-0.15, -0.1) is 0 Å². The van der Waals surface area contributed by atoms with Crippen molar-refractivity contribution in [2.45, 2.75) is 45.6 Å². The van der Waals surface area contributed by atoms with E-state index in [2.05, 4.69) is 23.5 Å². The summed E-state index contributed by atoms with van der Waals surface area (Å²) in [7, 11) is -3.19. The van der Waals surface area contributed by atoms with Crippen LogP contribution in [0.5, 0.6) is 0 Å². The minimum Gasteiger partial charge on any atom is -0.299 e. The maximum absolute atomic E-state index is 12.2. The molecule has 1 aromatic carbocycles. The number of aryl methyl sites for hydroxylation is 1. The molecule has 5 heteroatoms. The van der Waals surface area contributed by atoms with Crippen LogP contribution in [0.4, 0.5) is 0 Å². The second kappa shape index (κ2) is 8.81. The summed E-state index contributed by atoms with van der Waals surface area (Å²) in [6.07, 6.45) is 3.93. The summed E-state index contributed by atoms with van der Waals surface area (Å²) in [5.41, 5.74) is 1.19. The van der Waals surface area contributed by atoms with E-state index in [1.165, 1.54) is 18.4 Å². The van der Waals surface area contributed by atoms with E-state index in [0.29, 0.717) is 24.9 Å². The third-order valence-corrected chi connectivity index (χ3v) is 6.05. The maximum Gasteiger partial charge on any atom is 0.211 e. The first kappa shape index (κ1) is 18.4. The van der Waals surface area contributed by atoms with Crippen LogP contribution in [0.1, 0.15) is 38.7 Å². The molecule has 4 nitrogen and oxygen atoms in total. The highest BCUT2D eigenvalue weighted by atomic mass is 32.2.